The second-order valence-electron chi connectivity index (χ2n) is 9.45. The molecule has 0 radical (unpaired) electrons. The molecule has 0 bridgehead atoms. The lowest BCUT2D eigenvalue weighted by Crippen LogP contribution is -2.39. The summed E-state index contributed by atoms with van der Waals surface area (Å²) in [5.41, 5.74) is 3.04. The fraction of sp³-hybridized carbons (Fsp3) is 0.423. The molecule has 5 rings (SSSR count). The molecule has 200 valence electrons. The van der Waals surface area contributed by atoms with Crippen molar-refractivity contribution in [2.75, 3.05) is 25.0 Å². The summed E-state index contributed by atoms with van der Waals surface area (Å²) in [6, 6.07) is 9.49. The van der Waals surface area contributed by atoms with Gasteiger partial charge in [-0.25, -0.2) is 9.97 Å². The minimum absolute atomic E-state index is 0.0840. The van der Waals surface area contributed by atoms with E-state index in [-0.39, 0.29) is 24.1 Å². The van der Waals surface area contributed by atoms with E-state index in [0.29, 0.717) is 34.8 Å². The highest BCUT2D eigenvalue weighted by Crippen LogP contribution is 2.33. The molecule has 0 aliphatic carbocycles. The van der Waals surface area contributed by atoms with Crippen LogP contribution in [0.2, 0.25) is 0 Å². The van der Waals surface area contributed by atoms with Gasteiger partial charge < -0.3 is 20.1 Å². The molecule has 1 aliphatic heterocycles. The number of fused-ring (bicyclic) bond motifs is 2. The third kappa shape index (κ3) is 5.47. The lowest BCUT2D eigenvalue weighted by Gasteiger charge is -2.33. The fourth-order valence-electron chi connectivity index (χ4n) is 5.18. The maximum atomic E-state index is 12.8. The van der Waals surface area contributed by atoms with Gasteiger partial charge in [0.15, 0.2) is 0 Å². The van der Waals surface area contributed by atoms with E-state index in [1.165, 1.54) is 12.4 Å². The van der Waals surface area contributed by atoms with Crippen LogP contribution in [-0.2, 0) is 26.1 Å². The van der Waals surface area contributed by atoms with Crippen LogP contribution in [0.4, 0.5) is 19.0 Å². The summed E-state index contributed by atoms with van der Waals surface area (Å²) in [5, 5.41) is 33.9. The van der Waals surface area contributed by atoms with E-state index in [4.69, 9.17) is 0 Å². The van der Waals surface area contributed by atoms with Crippen molar-refractivity contribution in [1.29, 1.82) is 5.26 Å². The minimum Gasteiger partial charge on any atom is -0.395 e. The number of halogens is 3. The van der Waals surface area contributed by atoms with Crippen LogP contribution in [-0.4, -0.2) is 61.6 Å². The zero-order chi connectivity index (χ0) is 26.9. The average molecular weight is 545 g/mol. The summed E-state index contributed by atoms with van der Waals surface area (Å²) in [6.07, 6.45) is -2.21. The van der Waals surface area contributed by atoms with Gasteiger partial charge in [0, 0.05) is 48.0 Å². The van der Waals surface area contributed by atoms with E-state index in [9.17, 15) is 28.6 Å². The number of aromatic nitrogens is 3. The third-order valence-corrected chi connectivity index (χ3v) is 8.01. The summed E-state index contributed by atoms with van der Waals surface area (Å²) in [7, 11) is 0. The van der Waals surface area contributed by atoms with Crippen LogP contribution in [0, 0.1) is 11.3 Å². The molecule has 0 saturated carbocycles. The quantitative estimate of drug-likeness (QED) is 0.305. The molecule has 8 nitrogen and oxygen atoms in total. The summed E-state index contributed by atoms with van der Waals surface area (Å²) in [6.45, 7) is 2.32. The Labute approximate surface area is 221 Å². The number of thiophene rings is 1. The van der Waals surface area contributed by atoms with Gasteiger partial charge in [0.25, 0.3) is 0 Å². The smallest absolute Gasteiger partial charge is 0.393 e. The van der Waals surface area contributed by atoms with Crippen molar-refractivity contribution in [3.8, 4) is 6.07 Å². The monoisotopic (exact) mass is 544 g/mol. The number of aliphatic hydroxyl groups is 2. The number of nitrogens with one attached hydrogen (secondary N) is 1. The normalized spacial score (nSPS) is 15.4. The Morgan fingerprint density at radius 1 is 1.13 bits per heavy atom. The summed E-state index contributed by atoms with van der Waals surface area (Å²) in [5.74, 6) is 0.562. The topological polar surface area (TPSA) is 110 Å². The molecule has 3 aromatic heterocycles. The molecule has 38 heavy (non-hydrogen) atoms. The Morgan fingerprint density at radius 2 is 1.92 bits per heavy atom. The number of hydrogen-bond acceptors (Lipinski definition) is 8. The van der Waals surface area contributed by atoms with Crippen molar-refractivity contribution < 1.29 is 23.4 Å². The Bertz CT molecular complexity index is 1480. The maximum Gasteiger partial charge on any atom is 0.393 e. The number of likely N-dealkylation sites (tertiary alicyclic amines) is 1. The molecule has 12 heteroatoms. The first-order valence-corrected chi connectivity index (χ1v) is 13.2. The zero-order valence-corrected chi connectivity index (χ0v) is 21.3. The molecule has 1 fully saturated rings. The Balaban J connectivity index is 1.26. The van der Waals surface area contributed by atoms with E-state index in [1.54, 1.807) is 10.6 Å². The van der Waals surface area contributed by atoms with Crippen molar-refractivity contribution >= 4 is 38.3 Å². The molecule has 1 saturated heterocycles. The lowest BCUT2D eigenvalue weighted by molar-refractivity contribution is -0.126. The van der Waals surface area contributed by atoms with Gasteiger partial charge in [-0.1, -0.05) is 6.07 Å². The van der Waals surface area contributed by atoms with Gasteiger partial charge in [-0.3, -0.25) is 4.90 Å². The van der Waals surface area contributed by atoms with Crippen LogP contribution in [0.1, 0.15) is 34.5 Å². The first kappa shape index (κ1) is 26.4. The largest absolute Gasteiger partial charge is 0.395 e. The van der Waals surface area contributed by atoms with Crippen LogP contribution in [0.5, 0.6) is 0 Å². The van der Waals surface area contributed by atoms with Crippen molar-refractivity contribution in [3.63, 3.8) is 0 Å². The molecule has 4 heterocycles. The predicted molar refractivity (Wildman–Crippen MR) is 139 cm³/mol. The number of nitrogens with zero attached hydrogens (tertiary/aromatic N) is 5. The summed E-state index contributed by atoms with van der Waals surface area (Å²) in [4.78, 5) is 11.5. The molecular formula is C26H27F3N6O2S. The molecule has 0 spiro atoms. The maximum absolute atomic E-state index is 12.8. The van der Waals surface area contributed by atoms with Gasteiger partial charge in [0.2, 0.25) is 0 Å². The Hall–Kier alpha value is -3.24. The van der Waals surface area contributed by atoms with Crippen molar-refractivity contribution in [1.82, 2.24) is 19.4 Å². The van der Waals surface area contributed by atoms with Crippen LogP contribution < -0.4 is 5.32 Å². The number of hydrogen-bond donors (Lipinski definition) is 3. The lowest BCUT2D eigenvalue weighted by atomic mass is 10.0. The fourth-order valence-corrected chi connectivity index (χ4v) is 6.21. The molecule has 0 unspecified atom stereocenters. The van der Waals surface area contributed by atoms with Gasteiger partial charge >= 0.3 is 6.18 Å². The van der Waals surface area contributed by atoms with Crippen LogP contribution >= 0.6 is 11.3 Å². The number of anilines is 1. The minimum atomic E-state index is -4.27. The highest BCUT2D eigenvalue weighted by molar-refractivity contribution is 7.18. The van der Waals surface area contributed by atoms with Gasteiger partial charge in [0.1, 0.15) is 28.7 Å². The zero-order valence-electron chi connectivity index (χ0n) is 20.5. The molecule has 0 atom stereocenters. The first-order chi connectivity index (χ1) is 18.3. The number of piperidine rings is 1. The van der Waals surface area contributed by atoms with E-state index < -0.39 is 12.6 Å². The molecular weight excluding hydrogens is 517 g/mol. The van der Waals surface area contributed by atoms with E-state index in [1.807, 2.05) is 12.1 Å². The highest BCUT2D eigenvalue weighted by atomic mass is 32.1. The first-order valence-electron chi connectivity index (χ1n) is 12.3. The highest BCUT2D eigenvalue weighted by Gasteiger charge is 2.29. The second kappa shape index (κ2) is 10.9. The van der Waals surface area contributed by atoms with Gasteiger partial charge in [0.05, 0.1) is 25.0 Å². The predicted octanol–water partition coefficient (Wildman–Crippen LogP) is 4.18. The second-order valence-corrected chi connectivity index (χ2v) is 10.6. The number of alkyl halides is 3. The van der Waals surface area contributed by atoms with Crippen molar-refractivity contribution in [2.45, 2.75) is 51.2 Å². The van der Waals surface area contributed by atoms with Crippen molar-refractivity contribution in [2.24, 2.45) is 0 Å². The third-order valence-electron chi connectivity index (χ3n) is 6.97. The molecule has 1 aromatic carbocycles. The Morgan fingerprint density at radius 3 is 2.61 bits per heavy atom. The van der Waals surface area contributed by atoms with Gasteiger partial charge in [-0.2, -0.15) is 18.4 Å². The standard InChI is InChI=1S/C26H27F3N6O2S/c27-26(28,29)11-19-10-21-24(31-15-32-25(21)38-19)33-17-3-5-34(6-4-17)13-16-1-2-23-20(22(16)14-37)9-18(12-30)35(23)7-8-36/h1-2,9-10,15,17,36-37H,3-8,11,13-14H2,(H,31,32,33). The van der Waals surface area contributed by atoms with Gasteiger partial charge in [-0.05, 0) is 42.2 Å². The summed E-state index contributed by atoms with van der Waals surface area (Å²) >= 11 is 1.04. The van der Waals surface area contributed by atoms with Crippen LogP contribution in [0.15, 0.2) is 30.6 Å². The van der Waals surface area contributed by atoms with Crippen LogP contribution in [0.25, 0.3) is 21.1 Å². The number of nitriles is 1. The number of aliphatic hydroxyl groups excluding tert-OH is 2. The molecule has 4 aromatic rings. The average Bonchev–Trinajstić information content (AvgIpc) is 3.45. The number of benzene rings is 1. The van der Waals surface area contributed by atoms with E-state index >= 15 is 0 Å². The van der Waals surface area contributed by atoms with Gasteiger partial charge in [-0.15, -0.1) is 11.3 Å². The molecule has 1 aliphatic rings. The SMILES string of the molecule is N#Cc1cc2c(CO)c(CN3CCC(Nc4ncnc5sc(CC(F)(F)F)cc45)CC3)ccc2n1CCO. The summed E-state index contributed by atoms with van der Waals surface area (Å²) < 4.78 is 40.3. The van der Waals surface area contributed by atoms with Crippen LogP contribution in [0.3, 0.4) is 0 Å². The molecule has 3 N–H and O–H groups in total. The Kier molecular flexibility index (Phi) is 7.54. The molecule has 0 amide bonds. The van der Waals surface area contributed by atoms with Crippen molar-refractivity contribution in [3.05, 3.63) is 52.3 Å². The van der Waals surface area contributed by atoms with E-state index in [0.717, 1.165) is 59.3 Å². The van der Waals surface area contributed by atoms with E-state index in [2.05, 4.69) is 26.3 Å². The number of rotatable bonds is 8.